The number of aryl methyl sites for hydroxylation is 2. The zero-order valence-electron chi connectivity index (χ0n) is 19.0. The second-order valence-corrected chi connectivity index (χ2v) is 8.16. The van der Waals surface area contributed by atoms with Crippen LogP contribution in [-0.2, 0) is 14.3 Å². The van der Waals surface area contributed by atoms with Crippen molar-refractivity contribution >= 4 is 17.4 Å². The number of aromatic hydroxyl groups is 1. The zero-order chi connectivity index (χ0) is 23.6. The number of methoxy groups -OCH3 is 1. The first kappa shape index (κ1) is 23.3. The van der Waals surface area contributed by atoms with E-state index in [4.69, 9.17) is 9.47 Å². The van der Waals surface area contributed by atoms with Crippen molar-refractivity contribution in [1.29, 1.82) is 0 Å². The van der Waals surface area contributed by atoms with Crippen molar-refractivity contribution in [2.75, 3.05) is 20.3 Å². The molecule has 1 atom stereocenters. The van der Waals surface area contributed by atoms with E-state index in [0.717, 1.165) is 11.1 Å². The lowest BCUT2D eigenvalue weighted by molar-refractivity contribution is -0.140. The zero-order valence-corrected chi connectivity index (χ0v) is 19.0. The molecule has 1 saturated heterocycles. The Labute approximate surface area is 187 Å². The molecule has 1 amide bonds. The van der Waals surface area contributed by atoms with E-state index in [1.165, 1.54) is 18.1 Å². The van der Waals surface area contributed by atoms with Crippen LogP contribution in [0.1, 0.15) is 42.1 Å². The first-order valence-electron chi connectivity index (χ1n) is 10.5. The number of phenols is 1. The van der Waals surface area contributed by atoms with Gasteiger partial charge in [-0.05, 0) is 57.0 Å². The van der Waals surface area contributed by atoms with Gasteiger partial charge in [-0.3, -0.25) is 9.59 Å². The minimum atomic E-state index is -0.873. The molecule has 7 heteroatoms. The van der Waals surface area contributed by atoms with Gasteiger partial charge < -0.3 is 24.6 Å². The molecule has 1 unspecified atom stereocenters. The minimum absolute atomic E-state index is 0.0159. The third kappa shape index (κ3) is 4.48. The Kier molecular flexibility index (Phi) is 6.89. The first-order chi connectivity index (χ1) is 15.1. The third-order valence-electron chi connectivity index (χ3n) is 5.49. The molecular formula is C25H29NO6. The number of Topliss-reactive ketones (excluding diaryl/α,β-unsaturated/α-hetero) is 1. The molecule has 0 bridgehead atoms. The van der Waals surface area contributed by atoms with Gasteiger partial charge in [0, 0.05) is 12.1 Å². The molecule has 1 fully saturated rings. The van der Waals surface area contributed by atoms with Gasteiger partial charge in [-0.25, -0.2) is 0 Å². The number of carbonyl (C=O) groups is 2. The standard InChI is InChI=1S/C25H29NO6/c1-14(2)32-11-10-26-22(17-8-9-20(31-5)19(27)13-17)21(24(29)25(26)30)23(28)18-12-15(3)6-7-16(18)4/h6-9,12-14,22,27-28H,10-11H2,1-5H3/b23-21+. The quantitative estimate of drug-likeness (QED) is 0.386. The summed E-state index contributed by atoms with van der Waals surface area (Å²) in [7, 11) is 1.44. The molecular weight excluding hydrogens is 410 g/mol. The lowest BCUT2D eigenvalue weighted by atomic mass is 9.93. The molecule has 0 aromatic heterocycles. The average Bonchev–Trinajstić information content (AvgIpc) is 2.99. The van der Waals surface area contributed by atoms with E-state index in [0.29, 0.717) is 11.1 Å². The lowest BCUT2D eigenvalue weighted by Gasteiger charge is -2.26. The maximum absolute atomic E-state index is 13.1. The Morgan fingerprint density at radius 1 is 1.12 bits per heavy atom. The number of benzene rings is 2. The predicted molar refractivity (Wildman–Crippen MR) is 121 cm³/mol. The van der Waals surface area contributed by atoms with Gasteiger partial charge in [0.15, 0.2) is 11.5 Å². The number of aliphatic hydroxyl groups is 1. The monoisotopic (exact) mass is 439 g/mol. The van der Waals surface area contributed by atoms with E-state index in [9.17, 15) is 19.8 Å². The van der Waals surface area contributed by atoms with Gasteiger partial charge >= 0.3 is 0 Å². The number of aliphatic hydroxyl groups excluding tert-OH is 1. The number of ketones is 1. The number of hydrogen-bond donors (Lipinski definition) is 2. The number of rotatable bonds is 7. The van der Waals surface area contributed by atoms with Crippen LogP contribution in [0, 0.1) is 13.8 Å². The van der Waals surface area contributed by atoms with Crippen LogP contribution in [0.5, 0.6) is 11.5 Å². The molecule has 0 saturated carbocycles. The Hall–Kier alpha value is -3.32. The summed E-state index contributed by atoms with van der Waals surface area (Å²) in [5.74, 6) is -1.58. The van der Waals surface area contributed by atoms with Gasteiger partial charge in [0.1, 0.15) is 5.76 Å². The summed E-state index contributed by atoms with van der Waals surface area (Å²) in [6, 6.07) is 9.35. The van der Waals surface area contributed by atoms with Gasteiger partial charge in [0.25, 0.3) is 11.7 Å². The van der Waals surface area contributed by atoms with E-state index in [1.807, 2.05) is 39.8 Å². The summed E-state index contributed by atoms with van der Waals surface area (Å²) < 4.78 is 10.7. The topological polar surface area (TPSA) is 96.3 Å². The molecule has 0 radical (unpaired) electrons. The van der Waals surface area contributed by atoms with Crippen molar-refractivity contribution in [2.24, 2.45) is 0 Å². The van der Waals surface area contributed by atoms with Crippen LogP contribution in [0.25, 0.3) is 5.76 Å². The average molecular weight is 440 g/mol. The molecule has 0 aliphatic carbocycles. The summed E-state index contributed by atoms with van der Waals surface area (Å²) >= 11 is 0. The van der Waals surface area contributed by atoms with Crippen LogP contribution < -0.4 is 4.74 Å². The molecule has 2 aromatic carbocycles. The van der Waals surface area contributed by atoms with Crippen LogP contribution in [-0.4, -0.2) is 53.2 Å². The van der Waals surface area contributed by atoms with E-state index in [1.54, 1.807) is 18.2 Å². The Bertz CT molecular complexity index is 1070. The van der Waals surface area contributed by atoms with Crippen molar-refractivity contribution < 1.29 is 29.3 Å². The van der Waals surface area contributed by atoms with Gasteiger partial charge in [-0.1, -0.05) is 23.8 Å². The van der Waals surface area contributed by atoms with Crippen molar-refractivity contribution in [3.63, 3.8) is 0 Å². The number of phenolic OH excluding ortho intramolecular Hbond substituents is 1. The SMILES string of the molecule is COc1ccc(C2/C(=C(\O)c3cc(C)ccc3C)C(=O)C(=O)N2CCOC(C)C)cc1O. The normalized spacial score (nSPS) is 17.9. The van der Waals surface area contributed by atoms with Crippen molar-refractivity contribution in [1.82, 2.24) is 4.90 Å². The highest BCUT2D eigenvalue weighted by atomic mass is 16.5. The maximum Gasteiger partial charge on any atom is 0.295 e. The molecule has 2 N–H and O–H groups in total. The lowest BCUT2D eigenvalue weighted by Crippen LogP contribution is -2.33. The molecule has 1 heterocycles. The van der Waals surface area contributed by atoms with Crippen LogP contribution in [0.4, 0.5) is 0 Å². The fraction of sp³-hybridized carbons (Fsp3) is 0.360. The Balaban J connectivity index is 2.17. The molecule has 0 spiro atoms. The Morgan fingerprint density at radius 3 is 2.47 bits per heavy atom. The Morgan fingerprint density at radius 2 is 1.84 bits per heavy atom. The predicted octanol–water partition coefficient (Wildman–Crippen LogP) is 3.86. The molecule has 1 aliphatic rings. The van der Waals surface area contributed by atoms with Crippen LogP contribution in [0.3, 0.4) is 0 Å². The largest absolute Gasteiger partial charge is 0.507 e. The molecule has 1 aliphatic heterocycles. The highest BCUT2D eigenvalue weighted by Crippen LogP contribution is 2.42. The van der Waals surface area contributed by atoms with E-state index >= 15 is 0 Å². The molecule has 2 aromatic rings. The number of carbonyl (C=O) groups excluding carboxylic acids is 2. The fourth-order valence-electron chi connectivity index (χ4n) is 3.86. The van der Waals surface area contributed by atoms with Gasteiger partial charge in [0.05, 0.1) is 31.4 Å². The summed E-state index contributed by atoms with van der Waals surface area (Å²) in [4.78, 5) is 27.4. The van der Waals surface area contributed by atoms with Crippen LogP contribution in [0.2, 0.25) is 0 Å². The van der Waals surface area contributed by atoms with Crippen molar-refractivity contribution in [3.05, 3.63) is 64.2 Å². The van der Waals surface area contributed by atoms with Gasteiger partial charge in [-0.2, -0.15) is 0 Å². The summed E-state index contributed by atoms with van der Waals surface area (Å²) in [5, 5.41) is 21.5. The van der Waals surface area contributed by atoms with Gasteiger partial charge in [-0.15, -0.1) is 0 Å². The van der Waals surface area contributed by atoms with Crippen molar-refractivity contribution in [2.45, 2.75) is 39.8 Å². The summed E-state index contributed by atoms with van der Waals surface area (Å²) in [5.41, 5.74) is 2.65. The smallest absolute Gasteiger partial charge is 0.295 e. The maximum atomic E-state index is 13.1. The number of ether oxygens (including phenoxy) is 2. The summed E-state index contributed by atoms with van der Waals surface area (Å²) in [6.45, 7) is 7.87. The minimum Gasteiger partial charge on any atom is -0.507 e. The second kappa shape index (κ2) is 9.44. The molecule has 32 heavy (non-hydrogen) atoms. The number of hydrogen-bond acceptors (Lipinski definition) is 6. The molecule has 7 nitrogen and oxygen atoms in total. The highest BCUT2D eigenvalue weighted by Gasteiger charge is 2.46. The molecule has 170 valence electrons. The number of likely N-dealkylation sites (tertiary alicyclic amines) is 1. The fourth-order valence-corrected chi connectivity index (χ4v) is 3.86. The first-order valence-corrected chi connectivity index (χ1v) is 10.5. The van der Waals surface area contributed by atoms with E-state index in [2.05, 4.69) is 0 Å². The van der Waals surface area contributed by atoms with Crippen LogP contribution >= 0.6 is 0 Å². The summed E-state index contributed by atoms with van der Waals surface area (Å²) in [6.07, 6.45) is -0.0368. The number of nitrogens with zero attached hydrogens (tertiary/aromatic N) is 1. The van der Waals surface area contributed by atoms with Gasteiger partial charge in [0.2, 0.25) is 0 Å². The van der Waals surface area contributed by atoms with Crippen molar-refractivity contribution in [3.8, 4) is 11.5 Å². The highest BCUT2D eigenvalue weighted by molar-refractivity contribution is 6.46. The third-order valence-corrected chi connectivity index (χ3v) is 5.49. The van der Waals surface area contributed by atoms with E-state index in [-0.39, 0.29) is 42.1 Å². The van der Waals surface area contributed by atoms with Crippen LogP contribution in [0.15, 0.2) is 42.0 Å². The number of amides is 1. The second-order valence-electron chi connectivity index (χ2n) is 8.16. The molecule has 3 rings (SSSR count). The van der Waals surface area contributed by atoms with E-state index < -0.39 is 17.7 Å².